The fourth-order valence-corrected chi connectivity index (χ4v) is 5.00. The van der Waals surface area contributed by atoms with Crippen molar-refractivity contribution < 1.29 is 9.53 Å². The van der Waals surface area contributed by atoms with E-state index in [9.17, 15) is 4.79 Å². The van der Waals surface area contributed by atoms with Crippen molar-refractivity contribution in [3.05, 3.63) is 23.0 Å². The van der Waals surface area contributed by atoms with Gasteiger partial charge >= 0.3 is 0 Å². The summed E-state index contributed by atoms with van der Waals surface area (Å²) in [5.41, 5.74) is 10.0. The Balaban J connectivity index is 1.60. The summed E-state index contributed by atoms with van der Waals surface area (Å²) in [7, 11) is 3.81. The Morgan fingerprint density at radius 3 is 2.74 bits per heavy atom. The number of nitrogens with one attached hydrogen (secondary N) is 1. The first-order valence-electron chi connectivity index (χ1n) is 10.3. The van der Waals surface area contributed by atoms with Crippen LogP contribution in [0.15, 0.2) is 6.20 Å². The smallest absolute Gasteiger partial charge is 0.256 e. The number of aromatic nitrogens is 1. The minimum Gasteiger partial charge on any atom is -0.381 e. The SMILES string of the molecule is COC1CCc2c(C(=O)N(C3CC3)C3CCC(=N)C(CN)C3)cn(C)c2C1. The highest BCUT2D eigenvalue weighted by Crippen LogP contribution is 2.37. The largest absolute Gasteiger partial charge is 0.381 e. The molecule has 0 radical (unpaired) electrons. The van der Waals surface area contributed by atoms with Gasteiger partial charge in [-0.1, -0.05) is 0 Å². The number of methoxy groups -OCH3 is 1. The molecule has 148 valence electrons. The molecule has 0 spiro atoms. The van der Waals surface area contributed by atoms with Gasteiger partial charge in [-0.05, 0) is 50.5 Å². The molecule has 1 amide bonds. The van der Waals surface area contributed by atoms with Crippen LogP contribution in [0.25, 0.3) is 0 Å². The molecule has 0 bridgehead atoms. The summed E-state index contributed by atoms with van der Waals surface area (Å²) in [5, 5.41) is 8.14. The number of amides is 1. The zero-order valence-corrected chi connectivity index (χ0v) is 16.5. The van der Waals surface area contributed by atoms with E-state index in [0.717, 1.165) is 62.6 Å². The lowest BCUT2D eigenvalue weighted by Gasteiger charge is -2.38. The predicted octanol–water partition coefficient (Wildman–Crippen LogP) is 2.28. The van der Waals surface area contributed by atoms with Gasteiger partial charge in [-0.3, -0.25) is 4.79 Å². The third-order valence-electron chi connectivity index (χ3n) is 6.77. The number of rotatable bonds is 5. The standard InChI is InChI=1S/C21H32N4O2/c1-24-12-18(17-7-6-16(27-2)10-20(17)24)21(26)25(14-3-4-14)15-5-8-19(23)13(9-15)11-22/h12-16,23H,3-11,22H2,1-2H3. The molecule has 0 saturated heterocycles. The van der Waals surface area contributed by atoms with Gasteiger partial charge in [0.1, 0.15) is 0 Å². The highest BCUT2D eigenvalue weighted by Gasteiger charge is 2.41. The number of aryl methyl sites for hydroxylation is 1. The van der Waals surface area contributed by atoms with Crippen molar-refractivity contribution in [3.63, 3.8) is 0 Å². The van der Waals surface area contributed by atoms with Gasteiger partial charge in [0.2, 0.25) is 0 Å². The molecule has 1 heterocycles. The van der Waals surface area contributed by atoms with Crippen molar-refractivity contribution in [3.8, 4) is 0 Å². The van der Waals surface area contributed by atoms with Crippen molar-refractivity contribution in [1.82, 2.24) is 9.47 Å². The van der Waals surface area contributed by atoms with Crippen LogP contribution in [0.2, 0.25) is 0 Å². The highest BCUT2D eigenvalue weighted by molar-refractivity contribution is 5.97. The van der Waals surface area contributed by atoms with Crippen molar-refractivity contribution in [2.75, 3.05) is 13.7 Å². The van der Waals surface area contributed by atoms with Crippen molar-refractivity contribution in [2.24, 2.45) is 18.7 Å². The van der Waals surface area contributed by atoms with Crippen LogP contribution in [0.5, 0.6) is 0 Å². The number of nitrogens with zero attached hydrogens (tertiary/aromatic N) is 2. The monoisotopic (exact) mass is 372 g/mol. The summed E-state index contributed by atoms with van der Waals surface area (Å²) in [6, 6.07) is 0.596. The first-order valence-corrected chi connectivity index (χ1v) is 10.3. The predicted molar refractivity (Wildman–Crippen MR) is 105 cm³/mol. The molecule has 4 rings (SSSR count). The fourth-order valence-electron chi connectivity index (χ4n) is 5.00. The molecule has 3 aliphatic rings. The first-order chi connectivity index (χ1) is 13.0. The van der Waals surface area contributed by atoms with Gasteiger partial charge in [-0.2, -0.15) is 0 Å². The Morgan fingerprint density at radius 2 is 2.07 bits per heavy atom. The Kier molecular flexibility index (Phi) is 5.12. The minimum absolute atomic E-state index is 0.130. The van der Waals surface area contributed by atoms with E-state index in [1.165, 1.54) is 11.3 Å². The molecule has 2 fully saturated rings. The van der Waals surface area contributed by atoms with Gasteiger partial charge in [0.25, 0.3) is 5.91 Å². The number of fused-ring (bicyclic) bond motifs is 1. The number of hydrogen-bond donors (Lipinski definition) is 2. The van der Waals surface area contributed by atoms with E-state index in [4.69, 9.17) is 15.9 Å². The van der Waals surface area contributed by atoms with Crippen molar-refractivity contribution >= 4 is 11.6 Å². The lowest BCUT2D eigenvalue weighted by molar-refractivity contribution is 0.0617. The van der Waals surface area contributed by atoms with Gasteiger partial charge in [0, 0.05) is 62.7 Å². The van der Waals surface area contributed by atoms with Gasteiger partial charge < -0.3 is 25.3 Å². The molecule has 0 aromatic carbocycles. The van der Waals surface area contributed by atoms with Crippen LogP contribution in [0.1, 0.15) is 60.1 Å². The third-order valence-corrected chi connectivity index (χ3v) is 6.77. The maximum absolute atomic E-state index is 13.6. The molecule has 27 heavy (non-hydrogen) atoms. The van der Waals surface area contributed by atoms with Crippen LogP contribution in [-0.4, -0.2) is 52.9 Å². The van der Waals surface area contributed by atoms with Crippen LogP contribution >= 0.6 is 0 Å². The zero-order chi connectivity index (χ0) is 19.1. The number of carbonyl (C=O) groups is 1. The molecule has 3 unspecified atom stereocenters. The molecular formula is C21H32N4O2. The average Bonchev–Trinajstić information content (AvgIpc) is 3.46. The van der Waals surface area contributed by atoms with E-state index in [0.29, 0.717) is 12.6 Å². The van der Waals surface area contributed by atoms with E-state index >= 15 is 0 Å². The zero-order valence-electron chi connectivity index (χ0n) is 16.5. The summed E-state index contributed by atoms with van der Waals surface area (Å²) in [6.45, 7) is 0.515. The Morgan fingerprint density at radius 1 is 1.30 bits per heavy atom. The van der Waals surface area contributed by atoms with Crippen LogP contribution in [0.3, 0.4) is 0 Å². The molecule has 6 heteroatoms. The summed E-state index contributed by atoms with van der Waals surface area (Å²) in [6.07, 6.45) is 9.79. The molecular weight excluding hydrogens is 340 g/mol. The second-order valence-corrected chi connectivity index (χ2v) is 8.51. The summed E-state index contributed by atoms with van der Waals surface area (Å²) in [5.74, 6) is 0.323. The van der Waals surface area contributed by atoms with Gasteiger partial charge in [-0.25, -0.2) is 0 Å². The quantitative estimate of drug-likeness (QED) is 0.832. The fraction of sp³-hybridized carbons (Fsp3) is 0.714. The molecule has 6 nitrogen and oxygen atoms in total. The molecule has 3 aliphatic carbocycles. The van der Waals surface area contributed by atoms with E-state index in [-0.39, 0.29) is 24.0 Å². The van der Waals surface area contributed by atoms with Gasteiger partial charge in [0.15, 0.2) is 0 Å². The first kappa shape index (κ1) is 18.7. The average molecular weight is 373 g/mol. The minimum atomic E-state index is 0.130. The Bertz CT molecular complexity index is 737. The molecule has 1 aromatic rings. The van der Waals surface area contributed by atoms with E-state index in [1.54, 1.807) is 7.11 Å². The maximum atomic E-state index is 13.6. The molecule has 0 aliphatic heterocycles. The summed E-state index contributed by atoms with van der Waals surface area (Å²) >= 11 is 0. The van der Waals surface area contributed by atoms with E-state index < -0.39 is 0 Å². The van der Waals surface area contributed by atoms with Crippen molar-refractivity contribution in [2.45, 2.75) is 69.6 Å². The lowest BCUT2D eigenvalue weighted by atomic mass is 9.83. The molecule has 1 aromatic heterocycles. The number of nitrogens with two attached hydrogens (primary N) is 1. The Hall–Kier alpha value is -1.66. The van der Waals surface area contributed by atoms with Crippen LogP contribution in [-0.2, 0) is 24.6 Å². The van der Waals surface area contributed by atoms with Gasteiger partial charge in [0.05, 0.1) is 11.7 Å². The molecule has 3 atom stereocenters. The van der Waals surface area contributed by atoms with E-state index in [1.807, 2.05) is 13.2 Å². The number of ether oxygens (including phenoxy) is 1. The second kappa shape index (κ2) is 7.40. The maximum Gasteiger partial charge on any atom is 0.256 e. The van der Waals surface area contributed by atoms with Crippen molar-refractivity contribution in [1.29, 1.82) is 5.41 Å². The molecule has 2 saturated carbocycles. The second-order valence-electron chi connectivity index (χ2n) is 8.51. The Labute approximate surface area is 161 Å². The molecule has 3 N–H and O–H groups in total. The summed E-state index contributed by atoms with van der Waals surface area (Å²) < 4.78 is 7.68. The van der Waals surface area contributed by atoms with Crippen LogP contribution < -0.4 is 5.73 Å². The van der Waals surface area contributed by atoms with Gasteiger partial charge in [-0.15, -0.1) is 0 Å². The highest BCUT2D eigenvalue weighted by atomic mass is 16.5. The normalized spacial score (nSPS) is 28.1. The van der Waals surface area contributed by atoms with Crippen LogP contribution in [0.4, 0.5) is 0 Å². The van der Waals surface area contributed by atoms with Crippen LogP contribution in [0, 0.1) is 11.3 Å². The lowest BCUT2D eigenvalue weighted by Crippen LogP contribution is -2.47. The topological polar surface area (TPSA) is 84.3 Å². The number of hydrogen-bond acceptors (Lipinski definition) is 4. The number of carbonyl (C=O) groups excluding carboxylic acids is 1. The summed E-state index contributed by atoms with van der Waals surface area (Å²) in [4.78, 5) is 15.8. The third kappa shape index (κ3) is 3.45. The van der Waals surface area contributed by atoms with E-state index in [2.05, 4.69) is 9.47 Å².